The monoisotopic (exact) mass is 519 g/mol. The van der Waals surface area contributed by atoms with Crippen molar-refractivity contribution in [3.05, 3.63) is 12.7 Å². The Morgan fingerprint density at radius 1 is 0.533 bits per heavy atom. The zero-order chi connectivity index (χ0) is 23.8. The van der Waals surface area contributed by atoms with Gasteiger partial charge in [0.05, 0.1) is 0 Å². The highest BCUT2D eigenvalue weighted by Crippen LogP contribution is 2.41. The summed E-state index contributed by atoms with van der Waals surface area (Å²) in [5.41, 5.74) is 0. The molecule has 0 saturated heterocycles. The van der Waals surface area contributed by atoms with Gasteiger partial charge in [-0.15, -0.1) is 6.58 Å². The Morgan fingerprint density at radius 2 is 0.800 bits per heavy atom. The predicted octanol–water partition coefficient (Wildman–Crippen LogP) is -1.38. The lowest BCUT2D eigenvalue weighted by molar-refractivity contribution is 0.199. The summed E-state index contributed by atoms with van der Waals surface area (Å²) in [6.07, 6.45) is -1.95. The molecule has 0 aromatic carbocycles. The van der Waals surface area contributed by atoms with E-state index in [2.05, 4.69) is 6.58 Å². The molecule has 0 bridgehead atoms. The van der Waals surface area contributed by atoms with Gasteiger partial charge in [0.2, 0.25) is 0 Å². The fraction of sp³-hybridized carbons (Fsp3) is 0.818. The quantitative estimate of drug-likeness (QED) is 0.0866. The largest absolute Gasteiger partial charge is 0.339 e. The molecular formula is C11H29N3O12P4. The van der Waals surface area contributed by atoms with Gasteiger partial charge in [0.25, 0.3) is 0 Å². The molecule has 0 aromatic rings. The van der Waals surface area contributed by atoms with E-state index in [-0.39, 0.29) is 32.7 Å². The van der Waals surface area contributed by atoms with Gasteiger partial charge in [-0.25, -0.2) is 0 Å². The van der Waals surface area contributed by atoms with E-state index < -0.39 is 55.5 Å². The lowest BCUT2D eigenvalue weighted by Gasteiger charge is -2.30. The van der Waals surface area contributed by atoms with Crippen LogP contribution in [0.1, 0.15) is 0 Å². The molecule has 19 heteroatoms. The molecule has 0 aromatic heterocycles. The highest BCUT2D eigenvalue weighted by Gasteiger charge is 2.27. The topological polar surface area (TPSA) is 240 Å². The van der Waals surface area contributed by atoms with Crippen LogP contribution < -0.4 is 0 Å². The molecule has 0 rings (SSSR count). The first-order valence-corrected chi connectivity index (χ1v) is 15.4. The van der Waals surface area contributed by atoms with Crippen molar-refractivity contribution in [3.8, 4) is 0 Å². The van der Waals surface area contributed by atoms with Crippen LogP contribution in [0.15, 0.2) is 12.7 Å². The van der Waals surface area contributed by atoms with Crippen LogP contribution in [0.4, 0.5) is 0 Å². The van der Waals surface area contributed by atoms with Crippen molar-refractivity contribution < 1.29 is 57.4 Å². The van der Waals surface area contributed by atoms with Gasteiger partial charge in [0, 0.05) is 32.7 Å². The summed E-state index contributed by atoms with van der Waals surface area (Å²) in [5, 5.41) is 0. The van der Waals surface area contributed by atoms with Gasteiger partial charge in [-0.3, -0.25) is 33.0 Å². The Hall–Kier alpha value is 0.220. The van der Waals surface area contributed by atoms with E-state index in [1.165, 1.54) is 15.9 Å². The molecule has 8 N–H and O–H groups in total. The maximum absolute atomic E-state index is 11.4. The molecule has 0 saturated carbocycles. The molecule has 0 radical (unpaired) electrons. The van der Waals surface area contributed by atoms with Gasteiger partial charge < -0.3 is 39.1 Å². The van der Waals surface area contributed by atoms with Crippen molar-refractivity contribution in [3.63, 3.8) is 0 Å². The van der Waals surface area contributed by atoms with Crippen LogP contribution in [0, 0.1) is 0 Å². The zero-order valence-corrected chi connectivity index (χ0v) is 19.6. The Kier molecular flexibility index (Phi) is 12.5. The summed E-state index contributed by atoms with van der Waals surface area (Å²) in [6, 6.07) is 0. The minimum absolute atomic E-state index is 0.0336. The number of hydrogen-bond donors (Lipinski definition) is 8. The third kappa shape index (κ3) is 18.9. The Balaban J connectivity index is 5.23. The first-order chi connectivity index (χ1) is 13.3. The van der Waals surface area contributed by atoms with Gasteiger partial charge in [-0.05, 0) is 0 Å². The fourth-order valence-electron chi connectivity index (χ4n) is 2.45. The number of hydrogen-bond acceptors (Lipinski definition) is 7. The van der Waals surface area contributed by atoms with E-state index in [1.807, 2.05) is 0 Å². The standard InChI is InChI=1S/C11H29N3O12P4/c1-2-3-12(8-27(15,16)17)4-5-13(9-28(18,19)20)6-7-14(10-29(21,22)23)11-30(24,25)26/h2H,1,3-11H2,(H2,15,16,17)(H2,18,19,20)(H2,21,22,23)(H2,24,25,26). The highest BCUT2D eigenvalue weighted by molar-refractivity contribution is 7.52. The van der Waals surface area contributed by atoms with Gasteiger partial charge in [0.1, 0.15) is 25.1 Å². The molecule has 0 atom stereocenters. The van der Waals surface area contributed by atoms with Crippen molar-refractivity contribution in [1.82, 2.24) is 14.7 Å². The Morgan fingerprint density at radius 3 is 1.13 bits per heavy atom. The van der Waals surface area contributed by atoms with Gasteiger partial charge >= 0.3 is 30.4 Å². The van der Waals surface area contributed by atoms with E-state index in [0.29, 0.717) is 0 Å². The summed E-state index contributed by atoms with van der Waals surface area (Å²) in [7, 11) is -18.3. The molecule has 0 aliphatic carbocycles. The molecule has 180 valence electrons. The second-order valence-corrected chi connectivity index (χ2v) is 13.1. The van der Waals surface area contributed by atoms with Crippen molar-refractivity contribution in [1.29, 1.82) is 0 Å². The van der Waals surface area contributed by atoms with Gasteiger partial charge in [-0.2, -0.15) is 0 Å². The maximum atomic E-state index is 11.4. The number of nitrogens with zero attached hydrogens (tertiary/aromatic N) is 3. The van der Waals surface area contributed by atoms with Crippen LogP contribution in [0.2, 0.25) is 0 Å². The van der Waals surface area contributed by atoms with Crippen molar-refractivity contribution in [2.75, 3.05) is 57.9 Å². The first kappa shape index (κ1) is 30.2. The summed E-state index contributed by atoms with van der Waals surface area (Å²) in [4.78, 5) is 76.2. The molecule has 0 aliphatic rings. The molecule has 0 aliphatic heterocycles. The third-order valence-electron chi connectivity index (χ3n) is 3.39. The van der Waals surface area contributed by atoms with Crippen molar-refractivity contribution in [2.45, 2.75) is 0 Å². The fourth-order valence-corrected chi connectivity index (χ4v) is 5.71. The molecule has 0 spiro atoms. The van der Waals surface area contributed by atoms with Crippen molar-refractivity contribution >= 4 is 30.4 Å². The lowest BCUT2D eigenvalue weighted by Crippen LogP contribution is -2.41. The van der Waals surface area contributed by atoms with Crippen LogP contribution in [0.25, 0.3) is 0 Å². The average Bonchev–Trinajstić information content (AvgIpc) is 2.43. The summed E-state index contributed by atoms with van der Waals surface area (Å²) >= 11 is 0. The Bertz CT molecular complexity index is 703. The zero-order valence-electron chi connectivity index (χ0n) is 16.0. The molecule has 0 amide bonds. The predicted molar refractivity (Wildman–Crippen MR) is 108 cm³/mol. The van der Waals surface area contributed by atoms with Crippen molar-refractivity contribution in [2.24, 2.45) is 0 Å². The molecule has 0 fully saturated rings. The van der Waals surface area contributed by atoms with E-state index in [9.17, 15) is 28.0 Å². The second-order valence-electron chi connectivity index (χ2n) is 6.60. The molecule has 30 heavy (non-hydrogen) atoms. The Labute approximate surface area is 173 Å². The van der Waals surface area contributed by atoms with Gasteiger partial charge in [0.15, 0.2) is 0 Å². The van der Waals surface area contributed by atoms with Gasteiger partial charge in [-0.1, -0.05) is 6.08 Å². The van der Waals surface area contributed by atoms with Crippen LogP contribution in [-0.4, -0.2) is 112 Å². The minimum Gasteiger partial charge on any atom is -0.324 e. The van der Waals surface area contributed by atoms with Crippen LogP contribution in [-0.2, 0) is 18.3 Å². The van der Waals surface area contributed by atoms with E-state index in [0.717, 1.165) is 4.90 Å². The minimum atomic E-state index is -4.67. The first-order valence-electron chi connectivity index (χ1n) is 8.26. The maximum Gasteiger partial charge on any atom is 0.339 e. The molecule has 0 heterocycles. The highest BCUT2D eigenvalue weighted by atomic mass is 31.2. The second kappa shape index (κ2) is 12.5. The third-order valence-corrected chi connectivity index (χ3v) is 6.46. The van der Waals surface area contributed by atoms with Crippen LogP contribution in [0.5, 0.6) is 0 Å². The van der Waals surface area contributed by atoms with Crippen LogP contribution in [0.3, 0.4) is 0 Å². The summed E-state index contributed by atoms with van der Waals surface area (Å²) < 4.78 is 45.0. The molecular weight excluding hydrogens is 490 g/mol. The van der Waals surface area contributed by atoms with E-state index in [4.69, 9.17) is 29.4 Å². The summed E-state index contributed by atoms with van der Waals surface area (Å²) in [5.74, 6) is 0. The average molecular weight is 519 g/mol. The van der Waals surface area contributed by atoms with E-state index >= 15 is 0 Å². The SMILES string of the molecule is C=CCN(CCN(CCN(CP(=O)(O)O)CP(=O)(O)O)CP(=O)(O)O)CP(=O)(O)O. The normalized spacial score (nSPS) is 14.1. The summed E-state index contributed by atoms with van der Waals surface area (Å²) in [6.45, 7) is 2.84. The van der Waals surface area contributed by atoms with E-state index in [1.54, 1.807) is 0 Å². The van der Waals surface area contributed by atoms with Crippen LogP contribution >= 0.6 is 30.4 Å². The molecule has 15 nitrogen and oxygen atoms in total. The number of rotatable bonds is 16. The smallest absolute Gasteiger partial charge is 0.324 e. The lowest BCUT2D eigenvalue weighted by atomic mass is 10.4. The molecule has 0 unspecified atom stereocenters.